The molecule has 5 nitrogen and oxygen atoms in total. The minimum absolute atomic E-state index is 0.0392. The molecule has 1 aromatic carbocycles. The van der Waals surface area contributed by atoms with Gasteiger partial charge < -0.3 is 15.0 Å². The lowest BCUT2D eigenvalue weighted by molar-refractivity contribution is -0.120. The summed E-state index contributed by atoms with van der Waals surface area (Å²) >= 11 is 7.58. The highest BCUT2D eigenvalue weighted by Gasteiger charge is 2.23. The number of hydrogen-bond acceptors (Lipinski definition) is 5. The molecule has 7 heteroatoms. The maximum Gasteiger partial charge on any atom is 0.240 e. The van der Waals surface area contributed by atoms with Crippen LogP contribution in [0, 0.1) is 0 Å². The van der Waals surface area contributed by atoms with Crippen molar-refractivity contribution in [2.24, 2.45) is 0 Å². The number of amides is 1. The van der Waals surface area contributed by atoms with Gasteiger partial charge in [-0.05, 0) is 37.1 Å². The van der Waals surface area contributed by atoms with E-state index in [0.29, 0.717) is 11.6 Å². The van der Waals surface area contributed by atoms with E-state index >= 15 is 0 Å². The molecule has 1 atom stereocenters. The van der Waals surface area contributed by atoms with Crippen molar-refractivity contribution in [2.75, 3.05) is 24.6 Å². The largest absolute Gasteiger partial charge is 0.376 e. The Balaban J connectivity index is 1.76. The van der Waals surface area contributed by atoms with Gasteiger partial charge in [0.15, 0.2) is 5.13 Å². The lowest BCUT2D eigenvalue weighted by atomic mass is 9.93. The van der Waals surface area contributed by atoms with E-state index in [2.05, 4.69) is 31.5 Å². The molecule has 1 aliphatic rings. The minimum atomic E-state index is -0.0482. The van der Waals surface area contributed by atoms with Crippen LogP contribution in [-0.4, -0.2) is 36.7 Å². The molecule has 146 valence electrons. The fourth-order valence-electron chi connectivity index (χ4n) is 2.86. The van der Waals surface area contributed by atoms with Crippen molar-refractivity contribution in [1.82, 2.24) is 10.3 Å². The van der Waals surface area contributed by atoms with Crippen LogP contribution in [0.15, 0.2) is 29.6 Å². The summed E-state index contributed by atoms with van der Waals surface area (Å²) in [6.45, 7) is 7.93. The lowest BCUT2D eigenvalue weighted by Crippen LogP contribution is -2.38. The Morgan fingerprint density at radius 3 is 2.70 bits per heavy atom. The van der Waals surface area contributed by atoms with E-state index in [1.165, 1.54) is 0 Å². The molecule has 3 rings (SSSR count). The number of anilines is 2. The van der Waals surface area contributed by atoms with Crippen LogP contribution in [0.2, 0.25) is 5.02 Å². The highest BCUT2D eigenvalue weighted by molar-refractivity contribution is 7.13. The topological polar surface area (TPSA) is 54.5 Å². The predicted octanol–water partition coefficient (Wildman–Crippen LogP) is 4.53. The second kappa shape index (κ2) is 8.59. The monoisotopic (exact) mass is 407 g/mol. The number of benzene rings is 1. The number of halogens is 1. The van der Waals surface area contributed by atoms with Crippen molar-refractivity contribution in [3.63, 3.8) is 0 Å². The maximum atomic E-state index is 12.6. The summed E-state index contributed by atoms with van der Waals surface area (Å²) in [6.07, 6.45) is 2.19. The smallest absolute Gasteiger partial charge is 0.240 e. The Hall–Kier alpha value is -1.63. The Labute approximate surface area is 169 Å². The SMILES string of the molecule is CC(C)(C)c1csc(N(CC(=O)NCC2CCCO2)c2ccc(Cl)cc2)n1. The second-order valence-corrected chi connectivity index (χ2v) is 9.04. The number of rotatable bonds is 6. The highest BCUT2D eigenvalue weighted by atomic mass is 35.5. The third-order valence-corrected chi connectivity index (χ3v) is 5.60. The second-order valence-electron chi connectivity index (χ2n) is 7.77. The van der Waals surface area contributed by atoms with Gasteiger partial charge in [-0.1, -0.05) is 32.4 Å². The van der Waals surface area contributed by atoms with Gasteiger partial charge in [-0.25, -0.2) is 4.98 Å². The molecule has 1 unspecified atom stereocenters. The number of nitrogens with zero attached hydrogens (tertiary/aromatic N) is 2. The van der Waals surface area contributed by atoms with Crippen molar-refractivity contribution in [3.8, 4) is 0 Å². The van der Waals surface area contributed by atoms with E-state index in [1.807, 2.05) is 29.2 Å². The van der Waals surface area contributed by atoms with Crippen molar-refractivity contribution >= 4 is 39.7 Å². The number of nitrogens with one attached hydrogen (secondary N) is 1. The van der Waals surface area contributed by atoms with E-state index in [-0.39, 0.29) is 24.0 Å². The van der Waals surface area contributed by atoms with Crippen LogP contribution < -0.4 is 10.2 Å². The van der Waals surface area contributed by atoms with Gasteiger partial charge in [0, 0.05) is 34.7 Å². The first-order chi connectivity index (χ1) is 12.8. The van der Waals surface area contributed by atoms with Gasteiger partial charge in [-0.3, -0.25) is 4.79 Å². The summed E-state index contributed by atoms with van der Waals surface area (Å²) < 4.78 is 5.58. The fraction of sp³-hybridized carbons (Fsp3) is 0.500. The number of hydrogen-bond donors (Lipinski definition) is 1. The number of carbonyl (C=O) groups excluding carboxylic acids is 1. The van der Waals surface area contributed by atoms with Crippen molar-refractivity contribution < 1.29 is 9.53 Å². The Kier molecular flexibility index (Phi) is 6.40. The van der Waals surface area contributed by atoms with Crippen LogP contribution in [0.25, 0.3) is 0 Å². The molecule has 2 heterocycles. The van der Waals surface area contributed by atoms with Crippen LogP contribution in [0.5, 0.6) is 0 Å². The first-order valence-corrected chi connectivity index (χ1v) is 10.5. The molecule has 0 radical (unpaired) electrons. The standard InChI is InChI=1S/C20H26ClN3O2S/c1-20(2,3)17-13-27-19(23-17)24(15-8-6-14(21)7-9-15)12-18(25)22-11-16-5-4-10-26-16/h6-9,13,16H,4-5,10-12H2,1-3H3,(H,22,25). The molecule has 1 aliphatic heterocycles. The van der Waals surface area contributed by atoms with E-state index in [0.717, 1.165) is 36.0 Å². The first-order valence-electron chi connectivity index (χ1n) is 9.20. The molecule has 1 fully saturated rings. The van der Waals surface area contributed by atoms with E-state index in [4.69, 9.17) is 21.3 Å². The van der Waals surface area contributed by atoms with Crippen LogP contribution in [0.1, 0.15) is 39.3 Å². The van der Waals surface area contributed by atoms with E-state index in [1.54, 1.807) is 11.3 Å². The summed E-state index contributed by atoms with van der Waals surface area (Å²) in [5.41, 5.74) is 1.87. The van der Waals surface area contributed by atoms with Gasteiger partial charge >= 0.3 is 0 Å². The Morgan fingerprint density at radius 1 is 1.37 bits per heavy atom. The Bertz CT molecular complexity index is 764. The highest BCUT2D eigenvalue weighted by Crippen LogP contribution is 2.33. The molecule has 1 N–H and O–H groups in total. The summed E-state index contributed by atoms with van der Waals surface area (Å²) in [4.78, 5) is 19.3. The predicted molar refractivity (Wildman–Crippen MR) is 111 cm³/mol. The van der Waals surface area contributed by atoms with Gasteiger partial charge in [-0.2, -0.15) is 0 Å². The van der Waals surface area contributed by atoms with Gasteiger partial charge in [0.25, 0.3) is 0 Å². The van der Waals surface area contributed by atoms with E-state index in [9.17, 15) is 4.79 Å². The summed E-state index contributed by atoms with van der Waals surface area (Å²) in [5.74, 6) is -0.0482. The van der Waals surface area contributed by atoms with Gasteiger partial charge in [0.2, 0.25) is 5.91 Å². The third-order valence-electron chi connectivity index (χ3n) is 4.48. The molecule has 0 aliphatic carbocycles. The zero-order valence-electron chi connectivity index (χ0n) is 16.0. The van der Waals surface area contributed by atoms with Crippen LogP contribution in [-0.2, 0) is 14.9 Å². The molecular weight excluding hydrogens is 382 g/mol. The molecule has 1 amide bonds. The molecule has 27 heavy (non-hydrogen) atoms. The van der Waals surface area contributed by atoms with Crippen LogP contribution in [0.3, 0.4) is 0 Å². The summed E-state index contributed by atoms with van der Waals surface area (Å²) in [6, 6.07) is 7.47. The zero-order chi connectivity index (χ0) is 19.4. The molecule has 2 aromatic rings. The molecule has 0 bridgehead atoms. The molecule has 1 aromatic heterocycles. The number of thiazole rings is 1. The third kappa shape index (κ3) is 5.43. The molecular formula is C20H26ClN3O2S. The van der Waals surface area contributed by atoms with Crippen molar-refractivity contribution in [3.05, 3.63) is 40.4 Å². The number of aromatic nitrogens is 1. The van der Waals surface area contributed by atoms with Crippen molar-refractivity contribution in [1.29, 1.82) is 0 Å². The number of carbonyl (C=O) groups is 1. The lowest BCUT2D eigenvalue weighted by Gasteiger charge is -2.22. The van der Waals surface area contributed by atoms with Gasteiger partial charge in [0.1, 0.15) is 6.54 Å². The minimum Gasteiger partial charge on any atom is -0.376 e. The maximum absolute atomic E-state index is 12.6. The molecule has 0 spiro atoms. The number of ether oxygens (including phenoxy) is 1. The summed E-state index contributed by atoms with van der Waals surface area (Å²) in [5, 5.41) is 6.51. The van der Waals surface area contributed by atoms with Gasteiger partial charge in [-0.15, -0.1) is 11.3 Å². The average Bonchev–Trinajstić information content (AvgIpc) is 3.30. The van der Waals surface area contributed by atoms with Gasteiger partial charge in [0.05, 0.1) is 11.8 Å². The van der Waals surface area contributed by atoms with E-state index < -0.39 is 0 Å². The molecule has 0 saturated carbocycles. The van der Waals surface area contributed by atoms with Crippen LogP contribution >= 0.6 is 22.9 Å². The first kappa shape index (κ1) is 20.1. The van der Waals surface area contributed by atoms with Crippen molar-refractivity contribution in [2.45, 2.75) is 45.1 Å². The van der Waals surface area contributed by atoms with Crippen LogP contribution in [0.4, 0.5) is 10.8 Å². The Morgan fingerprint density at radius 2 is 2.11 bits per heavy atom. The average molecular weight is 408 g/mol. The zero-order valence-corrected chi connectivity index (χ0v) is 17.6. The normalized spacial score (nSPS) is 17.1. The molecule has 1 saturated heterocycles. The summed E-state index contributed by atoms with van der Waals surface area (Å²) in [7, 11) is 0. The fourth-order valence-corrected chi connectivity index (χ4v) is 4.05. The quantitative estimate of drug-likeness (QED) is 0.764.